The summed E-state index contributed by atoms with van der Waals surface area (Å²) in [4.78, 5) is 0. The zero-order chi connectivity index (χ0) is 10.4. The Bertz CT molecular complexity index is 289. The fourth-order valence-corrected chi connectivity index (χ4v) is 1.28. The zero-order valence-corrected chi connectivity index (χ0v) is 9.44. The molecule has 2 nitrogen and oxygen atoms in total. The molecule has 4 heteroatoms. The van der Waals surface area contributed by atoms with Crippen LogP contribution in [0.1, 0.15) is 6.92 Å². The van der Waals surface area contributed by atoms with E-state index >= 15 is 0 Å². The number of benzene rings is 1. The van der Waals surface area contributed by atoms with E-state index < -0.39 is 0 Å². The molecule has 0 fully saturated rings. The molecule has 1 aromatic rings. The van der Waals surface area contributed by atoms with Gasteiger partial charge in [0.05, 0.1) is 11.6 Å². The number of hydrogen-bond donors (Lipinski definition) is 0. The molecule has 0 amide bonds. The van der Waals surface area contributed by atoms with Crippen LogP contribution in [-0.4, -0.2) is 19.8 Å². The van der Waals surface area contributed by atoms with E-state index in [1.165, 1.54) is 0 Å². The largest absolute Gasteiger partial charge is 0.490 e. The monoisotopic (exact) mass is 234 g/mol. The molecule has 1 rings (SSSR count). The van der Waals surface area contributed by atoms with Gasteiger partial charge >= 0.3 is 0 Å². The average Bonchev–Trinajstić information content (AvgIpc) is 2.18. The van der Waals surface area contributed by atoms with Crippen LogP contribution in [0.15, 0.2) is 18.2 Å². The number of hydrogen-bond acceptors (Lipinski definition) is 2. The first-order valence-electron chi connectivity index (χ1n) is 4.39. The van der Waals surface area contributed by atoms with Crippen molar-refractivity contribution in [2.75, 3.05) is 19.8 Å². The van der Waals surface area contributed by atoms with Crippen molar-refractivity contribution in [1.29, 1.82) is 0 Å². The van der Waals surface area contributed by atoms with Crippen LogP contribution in [0.2, 0.25) is 10.0 Å². The molecule has 0 radical (unpaired) electrons. The normalized spacial score (nSPS) is 10.2. The lowest BCUT2D eigenvalue weighted by molar-refractivity contribution is 0.110. The highest BCUT2D eigenvalue weighted by atomic mass is 35.5. The second-order valence-electron chi connectivity index (χ2n) is 2.62. The lowest BCUT2D eigenvalue weighted by Gasteiger charge is -2.07. The van der Waals surface area contributed by atoms with Gasteiger partial charge in [0, 0.05) is 17.7 Å². The minimum atomic E-state index is 0.480. The van der Waals surface area contributed by atoms with Gasteiger partial charge in [-0.25, -0.2) is 0 Å². The van der Waals surface area contributed by atoms with Crippen molar-refractivity contribution < 1.29 is 9.47 Å². The van der Waals surface area contributed by atoms with Crippen LogP contribution in [0.4, 0.5) is 0 Å². The van der Waals surface area contributed by atoms with Gasteiger partial charge in [-0.05, 0) is 19.1 Å². The summed E-state index contributed by atoms with van der Waals surface area (Å²) < 4.78 is 10.5. The van der Waals surface area contributed by atoms with Crippen molar-refractivity contribution in [2.45, 2.75) is 6.92 Å². The third-order valence-electron chi connectivity index (χ3n) is 1.58. The van der Waals surface area contributed by atoms with Crippen molar-refractivity contribution in [3.05, 3.63) is 28.2 Å². The quantitative estimate of drug-likeness (QED) is 0.728. The molecule has 0 aliphatic rings. The Morgan fingerprint density at radius 1 is 1.21 bits per heavy atom. The first-order valence-corrected chi connectivity index (χ1v) is 5.15. The number of halogens is 2. The van der Waals surface area contributed by atoms with Gasteiger partial charge in [-0.2, -0.15) is 0 Å². The summed E-state index contributed by atoms with van der Waals surface area (Å²) in [6.07, 6.45) is 0. The molecule has 14 heavy (non-hydrogen) atoms. The summed E-state index contributed by atoms with van der Waals surface area (Å²) in [5, 5.41) is 1.17. The molecule has 0 saturated carbocycles. The maximum atomic E-state index is 5.88. The highest BCUT2D eigenvalue weighted by Gasteiger charge is 2.01. The molecule has 0 bridgehead atoms. The van der Waals surface area contributed by atoms with Crippen LogP contribution in [-0.2, 0) is 4.74 Å². The van der Waals surface area contributed by atoms with Gasteiger partial charge in [0.2, 0.25) is 0 Å². The van der Waals surface area contributed by atoms with Crippen LogP contribution >= 0.6 is 23.2 Å². The molecule has 0 aromatic heterocycles. The van der Waals surface area contributed by atoms with E-state index in [-0.39, 0.29) is 0 Å². The van der Waals surface area contributed by atoms with Crippen molar-refractivity contribution in [2.24, 2.45) is 0 Å². The molecule has 0 atom stereocenters. The van der Waals surface area contributed by atoms with E-state index in [0.29, 0.717) is 35.6 Å². The highest BCUT2D eigenvalue weighted by molar-refractivity contribution is 6.34. The first-order chi connectivity index (χ1) is 6.74. The summed E-state index contributed by atoms with van der Waals surface area (Å²) in [7, 11) is 0. The topological polar surface area (TPSA) is 18.5 Å². The lowest BCUT2D eigenvalue weighted by atomic mass is 10.3. The van der Waals surface area contributed by atoms with Gasteiger partial charge in [-0.15, -0.1) is 0 Å². The molecule has 0 aliphatic carbocycles. The van der Waals surface area contributed by atoms with Gasteiger partial charge < -0.3 is 9.47 Å². The number of rotatable bonds is 5. The summed E-state index contributed by atoms with van der Waals surface area (Å²) in [5.41, 5.74) is 0. The van der Waals surface area contributed by atoms with E-state index in [4.69, 9.17) is 32.7 Å². The second-order valence-corrected chi connectivity index (χ2v) is 3.46. The molecule has 0 aliphatic heterocycles. The molecule has 78 valence electrons. The van der Waals surface area contributed by atoms with Gasteiger partial charge in [-0.3, -0.25) is 0 Å². The number of ether oxygens (including phenoxy) is 2. The molecule has 0 saturated heterocycles. The van der Waals surface area contributed by atoms with Crippen LogP contribution in [0.5, 0.6) is 5.75 Å². The van der Waals surface area contributed by atoms with Gasteiger partial charge in [-0.1, -0.05) is 23.2 Å². The summed E-state index contributed by atoms with van der Waals surface area (Å²) in [5.74, 6) is 0.596. The molecule has 1 aromatic carbocycles. The van der Waals surface area contributed by atoms with Gasteiger partial charge in [0.25, 0.3) is 0 Å². The van der Waals surface area contributed by atoms with E-state index in [1.54, 1.807) is 18.2 Å². The molecule has 0 unspecified atom stereocenters. The predicted molar refractivity (Wildman–Crippen MR) is 58.5 cm³/mol. The van der Waals surface area contributed by atoms with Gasteiger partial charge in [0.1, 0.15) is 12.4 Å². The molecular formula is C10H12Cl2O2. The Morgan fingerprint density at radius 2 is 2.00 bits per heavy atom. The van der Waals surface area contributed by atoms with Crippen LogP contribution in [0.3, 0.4) is 0 Å². The molecular weight excluding hydrogens is 223 g/mol. The lowest BCUT2D eigenvalue weighted by Crippen LogP contribution is -2.06. The van der Waals surface area contributed by atoms with Crippen LogP contribution in [0, 0.1) is 0 Å². The third-order valence-corrected chi connectivity index (χ3v) is 2.13. The standard InChI is InChI=1S/C10H12Cl2O2/c1-2-13-5-6-14-10-7-8(11)3-4-9(10)12/h3-4,7H,2,5-6H2,1H3. The summed E-state index contributed by atoms with van der Waals surface area (Å²) in [6.45, 7) is 3.66. The van der Waals surface area contributed by atoms with E-state index in [0.717, 1.165) is 0 Å². The van der Waals surface area contributed by atoms with E-state index in [2.05, 4.69) is 0 Å². The average molecular weight is 235 g/mol. The summed E-state index contributed by atoms with van der Waals surface area (Å²) in [6, 6.07) is 5.12. The smallest absolute Gasteiger partial charge is 0.139 e. The van der Waals surface area contributed by atoms with Crippen molar-refractivity contribution in [1.82, 2.24) is 0 Å². The molecule has 0 spiro atoms. The Labute approximate surface area is 93.7 Å². The Hall–Kier alpha value is -0.440. The third kappa shape index (κ3) is 3.74. The van der Waals surface area contributed by atoms with Gasteiger partial charge in [0.15, 0.2) is 0 Å². The minimum Gasteiger partial charge on any atom is -0.490 e. The van der Waals surface area contributed by atoms with Crippen LogP contribution < -0.4 is 4.74 Å². The van der Waals surface area contributed by atoms with E-state index in [1.807, 2.05) is 6.92 Å². The van der Waals surface area contributed by atoms with Crippen molar-refractivity contribution in [3.63, 3.8) is 0 Å². The fourth-order valence-electron chi connectivity index (χ4n) is 0.943. The van der Waals surface area contributed by atoms with Crippen molar-refractivity contribution in [3.8, 4) is 5.75 Å². The Kier molecular flexibility index (Phi) is 5.09. The SMILES string of the molecule is CCOCCOc1cc(Cl)ccc1Cl. The maximum absolute atomic E-state index is 5.88. The summed E-state index contributed by atoms with van der Waals surface area (Å²) >= 11 is 11.7. The molecule has 0 N–H and O–H groups in total. The van der Waals surface area contributed by atoms with Crippen molar-refractivity contribution >= 4 is 23.2 Å². The Morgan fingerprint density at radius 3 is 2.71 bits per heavy atom. The fraction of sp³-hybridized carbons (Fsp3) is 0.400. The molecule has 0 heterocycles. The predicted octanol–water partition coefficient (Wildman–Crippen LogP) is 3.41. The van der Waals surface area contributed by atoms with E-state index in [9.17, 15) is 0 Å². The zero-order valence-electron chi connectivity index (χ0n) is 7.93. The minimum absolute atomic E-state index is 0.480. The maximum Gasteiger partial charge on any atom is 0.139 e. The highest BCUT2D eigenvalue weighted by Crippen LogP contribution is 2.27. The Balaban J connectivity index is 2.45. The van der Waals surface area contributed by atoms with Crippen LogP contribution in [0.25, 0.3) is 0 Å². The first kappa shape index (κ1) is 11.6. The second kappa shape index (κ2) is 6.12.